The number of carbonyl (C=O) groups excluding carboxylic acids is 1. The summed E-state index contributed by atoms with van der Waals surface area (Å²) >= 11 is 3.24. The number of hydrogen-bond acceptors (Lipinski definition) is 4. The topological polar surface area (TPSA) is 26.3 Å². The van der Waals surface area contributed by atoms with Crippen LogP contribution in [-0.4, -0.2) is 23.1 Å². The lowest BCUT2D eigenvalue weighted by Gasteiger charge is -2.20. The van der Waals surface area contributed by atoms with Crippen LogP contribution in [-0.2, 0) is 9.53 Å². The van der Waals surface area contributed by atoms with Gasteiger partial charge in [0.15, 0.2) is 4.77 Å². The summed E-state index contributed by atoms with van der Waals surface area (Å²) in [7, 11) is 0. The van der Waals surface area contributed by atoms with E-state index in [1.807, 2.05) is 12.9 Å². The molecule has 0 aliphatic carbocycles. The van der Waals surface area contributed by atoms with Gasteiger partial charge in [-0.25, -0.2) is 4.79 Å². The first kappa shape index (κ1) is 9.20. The highest BCUT2D eigenvalue weighted by Gasteiger charge is 2.18. The van der Waals surface area contributed by atoms with Gasteiger partial charge in [0.1, 0.15) is 5.94 Å². The van der Waals surface area contributed by atoms with Crippen molar-refractivity contribution < 1.29 is 9.53 Å². The number of ether oxygens (including phenoxy) is 1. The van der Waals surface area contributed by atoms with Gasteiger partial charge in [-0.15, -0.1) is 11.8 Å². The third kappa shape index (κ3) is 2.91. The summed E-state index contributed by atoms with van der Waals surface area (Å²) in [6, 6.07) is 0. The maximum Gasteiger partial charge on any atom is 0.154 e. The third-order valence-corrected chi connectivity index (χ3v) is 3.68. The van der Waals surface area contributed by atoms with Gasteiger partial charge in [0.25, 0.3) is 0 Å². The van der Waals surface area contributed by atoms with E-state index < -0.39 is 0 Å². The van der Waals surface area contributed by atoms with Crippen LogP contribution in [0.3, 0.4) is 0 Å². The lowest BCUT2D eigenvalue weighted by molar-refractivity contribution is 0.178. The Labute approximate surface area is 74.8 Å². The van der Waals surface area contributed by atoms with Crippen molar-refractivity contribution in [3.63, 3.8) is 0 Å². The Hall–Kier alpha value is 0.110. The Morgan fingerprint density at radius 1 is 1.82 bits per heavy atom. The highest BCUT2D eigenvalue weighted by molar-refractivity contribution is 8.19. The summed E-state index contributed by atoms with van der Waals surface area (Å²) in [4.78, 5) is 11.1. The van der Waals surface area contributed by atoms with E-state index in [1.54, 1.807) is 11.8 Å². The Kier molecular flexibility index (Phi) is 4.08. The molecule has 1 rings (SSSR count). The van der Waals surface area contributed by atoms with Gasteiger partial charge in [0.05, 0.1) is 4.91 Å². The van der Waals surface area contributed by atoms with Gasteiger partial charge < -0.3 is 4.74 Å². The van der Waals surface area contributed by atoms with E-state index in [4.69, 9.17) is 4.74 Å². The van der Waals surface area contributed by atoms with Crippen LogP contribution >= 0.6 is 23.5 Å². The predicted octanol–water partition coefficient (Wildman–Crippen LogP) is 1.89. The highest BCUT2D eigenvalue weighted by Crippen LogP contribution is 2.37. The maximum absolute atomic E-state index is 10.3. The summed E-state index contributed by atoms with van der Waals surface area (Å²) in [5.41, 5.74) is 0. The van der Waals surface area contributed by atoms with Gasteiger partial charge in [-0.05, 0) is 13.3 Å². The van der Waals surface area contributed by atoms with Crippen LogP contribution < -0.4 is 0 Å². The molecule has 0 bridgehead atoms. The predicted molar refractivity (Wildman–Crippen MR) is 49.3 cm³/mol. The molecule has 4 heteroatoms. The molecule has 0 N–H and O–H groups in total. The van der Waals surface area contributed by atoms with E-state index in [0.717, 1.165) is 17.1 Å². The van der Waals surface area contributed by atoms with Crippen LogP contribution in [0.1, 0.15) is 13.3 Å². The smallest absolute Gasteiger partial charge is 0.154 e. The van der Waals surface area contributed by atoms with E-state index in [9.17, 15) is 4.79 Å². The lowest BCUT2D eigenvalue weighted by Crippen LogP contribution is -2.09. The molecule has 0 aromatic carbocycles. The SMILES string of the molecule is CCOC1SCCC(=C=O)S1. The van der Waals surface area contributed by atoms with Crippen molar-refractivity contribution >= 4 is 29.5 Å². The summed E-state index contributed by atoms with van der Waals surface area (Å²) < 4.78 is 5.46. The first-order valence-corrected chi connectivity index (χ1v) is 5.43. The van der Waals surface area contributed by atoms with Crippen molar-refractivity contribution in [2.75, 3.05) is 12.4 Å². The molecule has 1 saturated heterocycles. The van der Waals surface area contributed by atoms with Gasteiger partial charge in [0.2, 0.25) is 0 Å². The molecule has 1 aliphatic heterocycles. The summed E-state index contributed by atoms with van der Waals surface area (Å²) in [6.07, 6.45) is 0.850. The molecule has 11 heavy (non-hydrogen) atoms. The van der Waals surface area contributed by atoms with Crippen LogP contribution in [0, 0.1) is 0 Å². The van der Waals surface area contributed by atoms with E-state index in [2.05, 4.69) is 0 Å². The average Bonchev–Trinajstić information content (AvgIpc) is 2.06. The zero-order valence-electron chi connectivity index (χ0n) is 6.33. The van der Waals surface area contributed by atoms with E-state index in [-0.39, 0.29) is 4.77 Å². The van der Waals surface area contributed by atoms with Crippen molar-refractivity contribution in [1.82, 2.24) is 0 Å². The molecular weight excluding hydrogens is 180 g/mol. The molecule has 1 fully saturated rings. The van der Waals surface area contributed by atoms with Gasteiger partial charge >= 0.3 is 0 Å². The van der Waals surface area contributed by atoms with E-state index in [0.29, 0.717) is 6.61 Å². The van der Waals surface area contributed by atoms with Crippen molar-refractivity contribution in [2.45, 2.75) is 18.1 Å². The van der Waals surface area contributed by atoms with Crippen LogP contribution in [0.25, 0.3) is 0 Å². The molecule has 1 atom stereocenters. The number of thioether (sulfide) groups is 2. The van der Waals surface area contributed by atoms with Crippen molar-refractivity contribution in [3.8, 4) is 0 Å². The van der Waals surface area contributed by atoms with Gasteiger partial charge in [0, 0.05) is 12.4 Å². The van der Waals surface area contributed by atoms with Crippen molar-refractivity contribution in [1.29, 1.82) is 0 Å². The molecular formula is C7H10O2S2. The standard InChI is InChI=1S/C7H10O2S2/c1-2-9-7-10-4-3-6(5-8)11-7/h7H,2-4H2,1H3. The fourth-order valence-electron chi connectivity index (χ4n) is 0.750. The monoisotopic (exact) mass is 190 g/mol. The van der Waals surface area contributed by atoms with Crippen molar-refractivity contribution in [2.24, 2.45) is 0 Å². The highest BCUT2D eigenvalue weighted by atomic mass is 32.2. The summed E-state index contributed by atoms with van der Waals surface area (Å²) in [5.74, 6) is 2.90. The normalized spacial score (nSPS) is 24.8. The summed E-state index contributed by atoms with van der Waals surface area (Å²) in [6.45, 7) is 2.66. The van der Waals surface area contributed by atoms with E-state index >= 15 is 0 Å². The minimum atomic E-state index is 0.116. The molecule has 0 spiro atoms. The molecule has 62 valence electrons. The zero-order valence-corrected chi connectivity index (χ0v) is 7.96. The molecule has 0 saturated carbocycles. The molecule has 0 radical (unpaired) electrons. The Bertz CT molecular complexity index is 173. The second kappa shape index (κ2) is 4.88. The minimum absolute atomic E-state index is 0.116. The largest absolute Gasteiger partial charge is 0.358 e. The molecule has 1 heterocycles. The summed E-state index contributed by atoms with van der Waals surface area (Å²) in [5, 5.41) is 0. The fraction of sp³-hybridized carbons (Fsp3) is 0.714. The quantitative estimate of drug-likeness (QED) is 0.621. The Morgan fingerprint density at radius 3 is 3.27 bits per heavy atom. The molecule has 2 nitrogen and oxygen atoms in total. The van der Waals surface area contributed by atoms with Crippen molar-refractivity contribution in [3.05, 3.63) is 4.91 Å². The van der Waals surface area contributed by atoms with Crippen LogP contribution in [0.15, 0.2) is 4.91 Å². The first-order valence-electron chi connectivity index (χ1n) is 3.50. The first-order chi connectivity index (χ1) is 5.36. The number of allylic oxidation sites excluding steroid dienone is 1. The van der Waals surface area contributed by atoms with Crippen LogP contribution in [0.4, 0.5) is 0 Å². The molecule has 1 aliphatic rings. The van der Waals surface area contributed by atoms with Crippen LogP contribution in [0.5, 0.6) is 0 Å². The molecule has 0 aromatic heterocycles. The van der Waals surface area contributed by atoms with Gasteiger partial charge in [-0.2, -0.15) is 0 Å². The second-order valence-corrected chi connectivity index (χ2v) is 4.63. The maximum atomic E-state index is 10.3. The minimum Gasteiger partial charge on any atom is -0.358 e. The Morgan fingerprint density at radius 2 is 2.64 bits per heavy atom. The number of rotatable bonds is 2. The molecule has 0 aromatic rings. The average molecular weight is 190 g/mol. The van der Waals surface area contributed by atoms with Crippen LogP contribution in [0.2, 0.25) is 0 Å². The molecule has 0 amide bonds. The van der Waals surface area contributed by atoms with Gasteiger partial charge in [-0.1, -0.05) is 11.8 Å². The zero-order chi connectivity index (χ0) is 8.10. The van der Waals surface area contributed by atoms with Gasteiger partial charge in [-0.3, -0.25) is 0 Å². The third-order valence-electron chi connectivity index (χ3n) is 1.24. The number of hydrogen-bond donors (Lipinski definition) is 0. The van der Waals surface area contributed by atoms with E-state index in [1.165, 1.54) is 11.8 Å². The second-order valence-electron chi connectivity index (χ2n) is 2.01. The molecule has 1 unspecified atom stereocenters. The Balaban J connectivity index is 2.39. The lowest BCUT2D eigenvalue weighted by atomic mass is 10.5. The fourth-order valence-corrected chi connectivity index (χ4v) is 3.24.